The highest BCUT2D eigenvalue weighted by Gasteiger charge is 2.17. The molecule has 0 spiro atoms. The third kappa shape index (κ3) is 2.64. The molecule has 1 heterocycles. The predicted molar refractivity (Wildman–Crippen MR) is 65.5 cm³/mol. The molecule has 0 aliphatic rings. The van der Waals surface area contributed by atoms with E-state index in [0.29, 0.717) is 0 Å². The third-order valence-corrected chi connectivity index (χ3v) is 3.79. The van der Waals surface area contributed by atoms with Gasteiger partial charge in [0.1, 0.15) is 6.54 Å². The zero-order valence-electron chi connectivity index (χ0n) is 9.62. The number of ether oxygens (including phenoxy) is 1. The lowest BCUT2D eigenvalue weighted by Crippen LogP contribution is -2.20. The fourth-order valence-electron chi connectivity index (χ4n) is 1.54. The van der Waals surface area contributed by atoms with Crippen LogP contribution < -0.4 is 5.76 Å². The predicted octanol–water partition coefficient (Wildman–Crippen LogP) is 0.695. The normalized spacial score (nSPS) is 11.7. The maximum atomic E-state index is 11.6. The van der Waals surface area contributed by atoms with E-state index < -0.39 is 20.8 Å². The quantitative estimate of drug-likeness (QED) is 0.611. The van der Waals surface area contributed by atoms with Gasteiger partial charge in [0.2, 0.25) is 0 Å². The first-order valence-corrected chi connectivity index (χ1v) is 7.29. The number of carbonyl (C=O) groups is 1. The lowest BCUT2D eigenvalue weighted by atomic mass is 10.3. The molecule has 2 aromatic rings. The van der Waals surface area contributed by atoms with Crippen molar-refractivity contribution in [3.05, 3.63) is 28.7 Å². The van der Waals surface area contributed by atoms with Crippen molar-refractivity contribution >= 4 is 36.8 Å². The molecule has 0 radical (unpaired) electrons. The van der Waals surface area contributed by atoms with E-state index in [-0.39, 0.29) is 22.5 Å². The van der Waals surface area contributed by atoms with Gasteiger partial charge in [-0.15, -0.1) is 0 Å². The molecule has 0 amide bonds. The maximum absolute atomic E-state index is 11.6. The molecule has 0 fully saturated rings. The molecule has 0 atom stereocenters. The largest absolute Gasteiger partial charge is 0.468 e. The summed E-state index contributed by atoms with van der Waals surface area (Å²) in [5, 5.41) is 0. The van der Waals surface area contributed by atoms with E-state index in [2.05, 4.69) is 4.74 Å². The number of hydrogen-bond donors (Lipinski definition) is 0. The first kappa shape index (κ1) is 13.6. The van der Waals surface area contributed by atoms with Crippen LogP contribution in [0.25, 0.3) is 11.1 Å². The van der Waals surface area contributed by atoms with Crippen molar-refractivity contribution in [3.63, 3.8) is 0 Å². The average Bonchev–Trinajstić information content (AvgIpc) is 2.64. The highest BCUT2D eigenvalue weighted by atomic mass is 35.7. The number of hydrogen-bond acceptors (Lipinski definition) is 6. The number of methoxy groups -OCH3 is 1. The van der Waals surface area contributed by atoms with Gasteiger partial charge in [-0.25, -0.2) is 13.2 Å². The molecule has 9 heteroatoms. The van der Waals surface area contributed by atoms with Crippen molar-refractivity contribution in [1.82, 2.24) is 4.57 Å². The number of aromatic nitrogens is 1. The van der Waals surface area contributed by atoms with E-state index in [9.17, 15) is 18.0 Å². The van der Waals surface area contributed by atoms with Crippen LogP contribution in [0.4, 0.5) is 0 Å². The third-order valence-electron chi connectivity index (χ3n) is 2.44. The number of carbonyl (C=O) groups excluding carboxylic acids is 1. The summed E-state index contributed by atoms with van der Waals surface area (Å²) in [6.07, 6.45) is 0. The van der Waals surface area contributed by atoms with Crippen molar-refractivity contribution in [2.75, 3.05) is 7.11 Å². The molecular weight excluding hydrogens is 298 g/mol. The molecule has 1 aromatic heterocycles. The highest BCUT2D eigenvalue weighted by Crippen LogP contribution is 2.21. The molecule has 0 aliphatic carbocycles. The molecular formula is C10H8ClNO6S. The van der Waals surface area contributed by atoms with E-state index in [1.807, 2.05) is 0 Å². The standard InChI is InChI=1S/C10H8ClNO6S/c1-17-9(13)5-12-7-4-6(19(11,15)16)2-3-8(7)18-10(12)14/h2-4H,5H2,1H3. The minimum atomic E-state index is -3.94. The van der Waals surface area contributed by atoms with Crippen LogP contribution in [0.2, 0.25) is 0 Å². The SMILES string of the molecule is COC(=O)Cn1c(=O)oc2ccc(S(=O)(=O)Cl)cc21. The van der Waals surface area contributed by atoms with E-state index in [4.69, 9.17) is 15.1 Å². The number of oxazole rings is 1. The van der Waals surface area contributed by atoms with Crippen LogP contribution in [0.15, 0.2) is 32.3 Å². The topological polar surface area (TPSA) is 95.6 Å². The molecule has 0 bridgehead atoms. The summed E-state index contributed by atoms with van der Waals surface area (Å²) in [6, 6.07) is 3.65. The lowest BCUT2D eigenvalue weighted by molar-refractivity contribution is -0.141. The Balaban J connectivity index is 2.66. The maximum Gasteiger partial charge on any atom is 0.420 e. The van der Waals surface area contributed by atoms with Gasteiger partial charge in [-0.1, -0.05) is 0 Å². The molecule has 1 aromatic carbocycles. The van der Waals surface area contributed by atoms with Crippen molar-refractivity contribution in [2.45, 2.75) is 11.4 Å². The Kier molecular flexibility index (Phi) is 3.38. The number of halogens is 1. The summed E-state index contributed by atoms with van der Waals surface area (Å²) in [4.78, 5) is 22.6. The van der Waals surface area contributed by atoms with Crippen LogP contribution in [0.3, 0.4) is 0 Å². The summed E-state index contributed by atoms with van der Waals surface area (Å²) in [6.45, 7) is -0.381. The number of fused-ring (bicyclic) bond motifs is 1. The van der Waals surface area contributed by atoms with Crippen LogP contribution in [0, 0.1) is 0 Å². The second-order valence-corrected chi connectivity index (χ2v) is 6.16. The van der Waals surface area contributed by atoms with Crippen molar-refractivity contribution in [3.8, 4) is 0 Å². The number of rotatable bonds is 3. The molecule has 0 unspecified atom stereocenters. The molecule has 0 saturated heterocycles. The monoisotopic (exact) mass is 305 g/mol. The Morgan fingerprint density at radius 2 is 2.16 bits per heavy atom. The molecule has 19 heavy (non-hydrogen) atoms. The summed E-state index contributed by atoms with van der Waals surface area (Å²) in [5.74, 6) is -1.45. The van der Waals surface area contributed by atoms with Crippen molar-refractivity contribution < 1.29 is 22.4 Å². The summed E-state index contributed by atoms with van der Waals surface area (Å²) in [7, 11) is 2.45. The summed E-state index contributed by atoms with van der Waals surface area (Å²) >= 11 is 0. The number of nitrogens with zero attached hydrogens (tertiary/aromatic N) is 1. The fourth-order valence-corrected chi connectivity index (χ4v) is 2.31. The van der Waals surface area contributed by atoms with E-state index in [1.165, 1.54) is 19.2 Å². The second kappa shape index (κ2) is 4.71. The van der Waals surface area contributed by atoms with Gasteiger partial charge in [0.25, 0.3) is 9.05 Å². The highest BCUT2D eigenvalue weighted by molar-refractivity contribution is 8.13. The Hall–Kier alpha value is -1.80. The van der Waals surface area contributed by atoms with Crippen molar-refractivity contribution in [1.29, 1.82) is 0 Å². The van der Waals surface area contributed by atoms with Crippen LogP contribution in [-0.2, 0) is 25.1 Å². The van der Waals surface area contributed by atoms with Gasteiger partial charge < -0.3 is 9.15 Å². The summed E-state index contributed by atoms with van der Waals surface area (Å²) < 4.78 is 32.7. The Labute approximate surface area is 111 Å². The molecule has 0 N–H and O–H groups in total. The van der Waals surface area contributed by atoms with E-state index in [0.717, 1.165) is 10.6 Å². The Bertz CT molecular complexity index is 803. The smallest absolute Gasteiger partial charge is 0.420 e. The van der Waals surface area contributed by atoms with Gasteiger partial charge >= 0.3 is 11.7 Å². The van der Waals surface area contributed by atoms with Crippen LogP contribution in [0.1, 0.15) is 0 Å². The second-order valence-electron chi connectivity index (χ2n) is 3.60. The van der Waals surface area contributed by atoms with Crippen molar-refractivity contribution in [2.24, 2.45) is 0 Å². The molecule has 102 valence electrons. The summed E-state index contributed by atoms with van der Waals surface area (Å²) in [5.41, 5.74) is 0.301. The van der Waals surface area contributed by atoms with Gasteiger partial charge in [-0.3, -0.25) is 9.36 Å². The Morgan fingerprint density at radius 3 is 2.74 bits per heavy atom. The molecule has 2 rings (SSSR count). The number of benzene rings is 1. The van der Waals surface area contributed by atoms with E-state index in [1.54, 1.807) is 0 Å². The van der Waals surface area contributed by atoms with Crippen LogP contribution in [0.5, 0.6) is 0 Å². The first-order chi connectivity index (χ1) is 8.82. The van der Waals surface area contributed by atoms with Crippen LogP contribution in [-0.4, -0.2) is 26.1 Å². The van der Waals surface area contributed by atoms with Crippen LogP contribution >= 0.6 is 10.7 Å². The average molecular weight is 306 g/mol. The van der Waals surface area contributed by atoms with Gasteiger partial charge in [-0.2, -0.15) is 0 Å². The fraction of sp³-hybridized carbons (Fsp3) is 0.200. The minimum absolute atomic E-state index is 0.150. The first-order valence-electron chi connectivity index (χ1n) is 4.98. The lowest BCUT2D eigenvalue weighted by Gasteiger charge is -2.01. The number of esters is 1. The van der Waals surface area contributed by atoms with Gasteiger partial charge in [-0.05, 0) is 18.2 Å². The molecule has 0 aliphatic heterocycles. The minimum Gasteiger partial charge on any atom is -0.468 e. The van der Waals surface area contributed by atoms with Gasteiger partial charge in [0.15, 0.2) is 5.58 Å². The molecule has 7 nitrogen and oxygen atoms in total. The zero-order valence-corrected chi connectivity index (χ0v) is 11.2. The zero-order chi connectivity index (χ0) is 14.2. The van der Waals surface area contributed by atoms with Gasteiger partial charge in [0, 0.05) is 10.7 Å². The molecule has 0 saturated carbocycles. The van der Waals surface area contributed by atoms with Gasteiger partial charge in [0.05, 0.1) is 17.5 Å². The Morgan fingerprint density at radius 1 is 1.47 bits per heavy atom. The van der Waals surface area contributed by atoms with E-state index >= 15 is 0 Å².